The Labute approximate surface area is 249 Å². The molecule has 0 aliphatic carbocycles. The van der Waals surface area contributed by atoms with Crippen LogP contribution in [0.5, 0.6) is 0 Å². The highest BCUT2D eigenvalue weighted by molar-refractivity contribution is 6.34. The molecule has 0 saturated carbocycles. The standard InChI is InChI=1S/C34H54BNO5/c1-4-7-8-9-10-11-12-13-14-21-26-36-27-31(33(38-5-2)29-22-17-15-18-23-29)40-35(37)41-32(28-36)34(39-6-3)30-24-19-16-20-25-30/h15-20,22-25,31-34,37H,4-14,21,26-28H2,1-3H3. The minimum Gasteiger partial charge on any atom is -0.402 e. The van der Waals surface area contributed by atoms with Gasteiger partial charge in [0.2, 0.25) is 0 Å². The van der Waals surface area contributed by atoms with Crippen LogP contribution >= 0.6 is 0 Å². The first-order valence-electron chi connectivity index (χ1n) is 16.2. The third-order valence-corrected chi connectivity index (χ3v) is 7.91. The van der Waals surface area contributed by atoms with Crippen molar-refractivity contribution in [2.45, 2.75) is 109 Å². The Hall–Kier alpha value is -1.74. The van der Waals surface area contributed by atoms with E-state index in [1.807, 2.05) is 50.2 Å². The molecule has 228 valence electrons. The zero-order chi connectivity index (χ0) is 29.1. The molecule has 0 radical (unpaired) electrons. The third kappa shape index (κ3) is 12.2. The zero-order valence-electron chi connectivity index (χ0n) is 25.8. The highest BCUT2D eigenvalue weighted by atomic mass is 16.7. The van der Waals surface area contributed by atoms with Gasteiger partial charge in [-0.1, -0.05) is 125 Å². The largest absolute Gasteiger partial charge is 0.637 e. The molecule has 3 rings (SSSR count). The predicted molar refractivity (Wildman–Crippen MR) is 168 cm³/mol. The summed E-state index contributed by atoms with van der Waals surface area (Å²) < 4.78 is 24.8. The summed E-state index contributed by atoms with van der Waals surface area (Å²) in [5, 5.41) is 11.0. The highest BCUT2D eigenvalue weighted by Gasteiger charge is 2.39. The van der Waals surface area contributed by atoms with Gasteiger partial charge in [-0.15, -0.1) is 0 Å². The molecule has 2 aromatic rings. The Morgan fingerprint density at radius 3 is 1.51 bits per heavy atom. The second kappa shape index (κ2) is 20.2. The molecule has 1 fully saturated rings. The molecule has 1 N–H and O–H groups in total. The second-order valence-corrected chi connectivity index (χ2v) is 11.2. The molecule has 4 unspecified atom stereocenters. The summed E-state index contributed by atoms with van der Waals surface area (Å²) >= 11 is 0. The monoisotopic (exact) mass is 567 g/mol. The topological polar surface area (TPSA) is 60.4 Å². The number of hydrogen-bond acceptors (Lipinski definition) is 6. The van der Waals surface area contributed by atoms with Crippen molar-refractivity contribution in [1.29, 1.82) is 0 Å². The Bertz CT molecular complexity index is 843. The van der Waals surface area contributed by atoms with E-state index in [1.165, 1.54) is 57.8 Å². The molecule has 1 heterocycles. The molecule has 0 aromatic heterocycles. The van der Waals surface area contributed by atoms with Crippen LogP contribution in [-0.4, -0.2) is 62.3 Å². The van der Waals surface area contributed by atoms with E-state index in [1.54, 1.807) is 0 Å². The van der Waals surface area contributed by atoms with Crippen molar-refractivity contribution in [2.75, 3.05) is 32.8 Å². The highest BCUT2D eigenvalue weighted by Crippen LogP contribution is 2.30. The summed E-state index contributed by atoms with van der Waals surface area (Å²) in [5.74, 6) is 0. The average Bonchev–Trinajstić information content (AvgIpc) is 2.98. The van der Waals surface area contributed by atoms with Gasteiger partial charge < -0.3 is 23.8 Å². The third-order valence-electron chi connectivity index (χ3n) is 7.91. The van der Waals surface area contributed by atoms with E-state index >= 15 is 0 Å². The van der Waals surface area contributed by atoms with Crippen LogP contribution in [0.25, 0.3) is 0 Å². The molecule has 2 aromatic carbocycles. The summed E-state index contributed by atoms with van der Waals surface area (Å²) in [6.45, 7) is 9.59. The van der Waals surface area contributed by atoms with Crippen molar-refractivity contribution in [2.24, 2.45) is 0 Å². The maximum absolute atomic E-state index is 11.0. The van der Waals surface area contributed by atoms with Crippen molar-refractivity contribution in [3.63, 3.8) is 0 Å². The van der Waals surface area contributed by atoms with Gasteiger partial charge in [0.15, 0.2) is 0 Å². The van der Waals surface area contributed by atoms with Crippen LogP contribution < -0.4 is 0 Å². The molecule has 1 aliphatic heterocycles. The smallest absolute Gasteiger partial charge is 0.402 e. The summed E-state index contributed by atoms with van der Waals surface area (Å²) in [7, 11) is -1.37. The second-order valence-electron chi connectivity index (χ2n) is 11.2. The fourth-order valence-corrected chi connectivity index (χ4v) is 5.82. The summed E-state index contributed by atoms with van der Waals surface area (Å²) in [5.41, 5.74) is 2.08. The van der Waals surface area contributed by atoms with Crippen LogP contribution in [0.15, 0.2) is 60.7 Å². The van der Waals surface area contributed by atoms with Crippen molar-refractivity contribution in [1.82, 2.24) is 4.90 Å². The summed E-state index contributed by atoms with van der Waals surface area (Å²) in [6, 6.07) is 20.3. The zero-order valence-corrected chi connectivity index (χ0v) is 25.8. The number of ether oxygens (including phenoxy) is 2. The van der Waals surface area contributed by atoms with E-state index in [9.17, 15) is 5.02 Å². The molecular formula is C34H54BNO5. The van der Waals surface area contributed by atoms with Gasteiger partial charge >= 0.3 is 7.32 Å². The van der Waals surface area contributed by atoms with Gasteiger partial charge in [0, 0.05) is 26.3 Å². The van der Waals surface area contributed by atoms with Crippen LogP contribution in [-0.2, 0) is 18.8 Å². The fraction of sp³-hybridized carbons (Fsp3) is 0.647. The van der Waals surface area contributed by atoms with Gasteiger partial charge in [-0.05, 0) is 37.9 Å². The van der Waals surface area contributed by atoms with Gasteiger partial charge in [0.1, 0.15) is 12.2 Å². The Balaban J connectivity index is 1.69. The van der Waals surface area contributed by atoms with Gasteiger partial charge in [0.05, 0.1) is 12.2 Å². The average molecular weight is 568 g/mol. The quantitative estimate of drug-likeness (QED) is 0.140. The maximum atomic E-state index is 11.0. The van der Waals surface area contributed by atoms with Gasteiger partial charge in [0.25, 0.3) is 0 Å². The van der Waals surface area contributed by atoms with Crippen LogP contribution in [0, 0.1) is 0 Å². The lowest BCUT2D eigenvalue weighted by Crippen LogP contribution is -2.51. The van der Waals surface area contributed by atoms with E-state index in [0.29, 0.717) is 26.3 Å². The van der Waals surface area contributed by atoms with Crippen LogP contribution in [0.1, 0.15) is 108 Å². The molecule has 0 amide bonds. The molecule has 1 aliphatic rings. The van der Waals surface area contributed by atoms with E-state index in [-0.39, 0.29) is 24.4 Å². The Kier molecular flexibility index (Phi) is 16.7. The normalized spacial score (nSPS) is 20.0. The van der Waals surface area contributed by atoms with E-state index in [0.717, 1.165) is 24.1 Å². The fourth-order valence-electron chi connectivity index (χ4n) is 5.82. The lowest BCUT2D eigenvalue weighted by atomic mass is 9.98. The molecule has 41 heavy (non-hydrogen) atoms. The SMILES string of the molecule is CCCCCCCCCCCCN1CC(C(OCC)c2ccccc2)OB(O)OC(C(OCC)c2ccccc2)C1. The minimum atomic E-state index is -1.37. The lowest BCUT2D eigenvalue weighted by molar-refractivity contribution is -0.106. The van der Waals surface area contributed by atoms with Gasteiger partial charge in [-0.2, -0.15) is 0 Å². The first-order valence-corrected chi connectivity index (χ1v) is 16.2. The van der Waals surface area contributed by atoms with Crippen LogP contribution in [0.2, 0.25) is 0 Å². The van der Waals surface area contributed by atoms with Crippen molar-refractivity contribution in [3.05, 3.63) is 71.8 Å². The molecule has 0 spiro atoms. The minimum absolute atomic E-state index is 0.303. The number of hydrogen-bond donors (Lipinski definition) is 1. The Morgan fingerprint density at radius 1 is 0.683 bits per heavy atom. The molecule has 1 saturated heterocycles. The number of nitrogens with zero attached hydrogens (tertiary/aromatic N) is 1. The Morgan fingerprint density at radius 2 is 1.10 bits per heavy atom. The lowest BCUT2D eigenvalue weighted by Gasteiger charge is -2.40. The van der Waals surface area contributed by atoms with Crippen LogP contribution in [0.3, 0.4) is 0 Å². The number of rotatable bonds is 19. The first kappa shape index (κ1) is 33.8. The predicted octanol–water partition coefficient (Wildman–Crippen LogP) is 7.53. The van der Waals surface area contributed by atoms with Crippen molar-refractivity contribution >= 4 is 7.32 Å². The van der Waals surface area contributed by atoms with Crippen molar-refractivity contribution < 1.29 is 23.8 Å². The van der Waals surface area contributed by atoms with Crippen LogP contribution in [0.4, 0.5) is 0 Å². The first-order chi connectivity index (χ1) is 20.2. The van der Waals surface area contributed by atoms with E-state index in [4.69, 9.17) is 18.8 Å². The molecule has 0 bridgehead atoms. The summed E-state index contributed by atoms with van der Waals surface area (Å²) in [6.07, 6.45) is 11.7. The van der Waals surface area contributed by atoms with Crippen molar-refractivity contribution in [3.8, 4) is 0 Å². The molecule has 7 heteroatoms. The summed E-state index contributed by atoms with van der Waals surface area (Å²) in [4.78, 5) is 2.43. The maximum Gasteiger partial charge on any atom is 0.637 e. The number of benzene rings is 2. The van der Waals surface area contributed by atoms with E-state index in [2.05, 4.69) is 36.1 Å². The molecule has 6 nitrogen and oxygen atoms in total. The van der Waals surface area contributed by atoms with Gasteiger partial charge in [-0.25, -0.2) is 0 Å². The number of unbranched alkanes of at least 4 members (excludes halogenated alkanes) is 9. The van der Waals surface area contributed by atoms with Gasteiger partial charge in [-0.3, -0.25) is 4.90 Å². The molecular weight excluding hydrogens is 513 g/mol. The van der Waals surface area contributed by atoms with E-state index < -0.39 is 7.32 Å². The molecule has 4 atom stereocenters.